The van der Waals surface area contributed by atoms with Crippen LogP contribution >= 0.6 is 11.6 Å². The van der Waals surface area contributed by atoms with Crippen LogP contribution in [0.15, 0.2) is 66.7 Å². The summed E-state index contributed by atoms with van der Waals surface area (Å²) in [4.78, 5) is 41.4. The van der Waals surface area contributed by atoms with Gasteiger partial charge in [-0.3, -0.25) is 24.6 Å². The van der Waals surface area contributed by atoms with Crippen molar-refractivity contribution in [3.63, 3.8) is 0 Å². The van der Waals surface area contributed by atoms with Gasteiger partial charge in [0.1, 0.15) is 28.3 Å². The van der Waals surface area contributed by atoms with E-state index in [9.17, 15) is 19.7 Å². The highest BCUT2D eigenvalue weighted by molar-refractivity contribution is 6.32. The molecule has 3 aliphatic heterocycles. The Balaban J connectivity index is 1.66. The van der Waals surface area contributed by atoms with Crippen LogP contribution < -0.4 is 10.1 Å². The molecule has 1 saturated heterocycles. The van der Waals surface area contributed by atoms with E-state index >= 15 is 0 Å². The number of ether oxygens (including phenoxy) is 1. The highest BCUT2D eigenvalue weighted by atomic mass is 35.5. The predicted molar refractivity (Wildman–Crippen MR) is 129 cm³/mol. The number of carbonyl (C=O) groups is 2. The summed E-state index contributed by atoms with van der Waals surface area (Å²) in [6.45, 7) is 0.244. The first-order chi connectivity index (χ1) is 16.8. The molecule has 1 fully saturated rings. The average molecular weight is 490 g/mol. The topological polar surface area (TPSA) is 102 Å². The predicted octanol–water partition coefficient (Wildman–Crippen LogP) is 4.39. The van der Waals surface area contributed by atoms with Crippen LogP contribution in [0.2, 0.25) is 5.02 Å². The number of amides is 1. The molecule has 3 aromatic carbocycles. The minimum atomic E-state index is -1.38. The van der Waals surface area contributed by atoms with E-state index in [1.54, 1.807) is 30.3 Å². The van der Waals surface area contributed by atoms with Crippen LogP contribution in [0, 0.1) is 15.5 Å². The number of carbonyl (C=O) groups excluding carboxylic acids is 2. The fraction of sp³-hybridized carbons (Fsp3) is 0.231. The van der Waals surface area contributed by atoms with Crippen molar-refractivity contribution in [3.05, 3.63) is 98.6 Å². The van der Waals surface area contributed by atoms with Gasteiger partial charge in [-0.2, -0.15) is 0 Å². The number of anilines is 1. The minimum absolute atomic E-state index is 0.00869. The highest BCUT2D eigenvalue weighted by Gasteiger charge is 2.75. The van der Waals surface area contributed by atoms with Gasteiger partial charge in [-0.1, -0.05) is 48.0 Å². The van der Waals surface area contributed by atoms with E-state index in [0.717, 1.165) is 0 Å². The SMILES string of the molecule is CN1C[C@H](c2ccc(Cl)c([N+](=O)[O-])c2)[C@]2(COc3ccccc3C2=O)[C@@]12C(=O)Nc1ccccc12. The van der Waals surface area contributed by atoms with Gasteiger partial charge in [-0.05, 0) is 36.9 Å². The highest BCUT2D eigenvalue weighted by Crippen LogP contribution is 2.64. The number of hydrogen-bond donors (Lipinski definition) is 1. The molecule has 9 heteroatoms. The van der Waals surface area contributed by atoms with E-state index in [4.69, 9.17) is 16.3 Å². The molecule has 176 valence electrons. The summed E-state index contributed by atoms with van der Waals surface area (Å²) in [5, 5.41) is 14.6. The van der Waals surface area contributed by atoms with Crippen LogP contribution in [-0.2, 0) is 10.3 Å². The molecule has 0 aromatic heterocycles. The van der Waals surface area contributed by atoms with E-state index in [0.29, 0.717) is 34.7 Å². The molecular weight excluding hydrogens is 470 g/mol. The number of likely N-dealkylation sites (N-methyl/N-ethyl adjacent to an activating group) is 1. The van der Waals surface area contributed by atoms with Gasteiger partial charge in [0.2, 0.25) is 0 Å². The van der Waals surface area contributed by atoms with Gasteiger partial charge >= 0.3 is 0 Å². The lowest BCUT2D eigenvalue weighted by Crippen LogP contribution is -2.62. The quantitative estimate of drug-likeness (QED) is 0.423. The lowest BCUT2D eigenvalue weighted by atomic mass is 9.57. The summed E-state index contributed by atoms with van der Waals surface area (Å²) in [7, 11) is 1.81. The summed E-state index contributed by atoms with van der Waals surface area (Å²) in [5.41, 5.74) is -0.726. The molecule has 3 atom stereocenters. The van der Waals surface area contributed by atoms with Gasteiger partial charge in [-0.25, -0.2) is 0 Å². The average Bonchev–Trinajstić information content (AvgIpc) is 3.30. The van der Waals surface area contributed by atoms with Crippen LogP contribution in [0.3, 0.4) is 0 Å². The maximum absolute atomic E-state index is 14.5. The molecule has 3 aliphatic rings. The third-order valence-electron chi connectivity index (χ3n) is 7.72. The van der Waals surface area contributed by atoms with Crippen LogP contribution in [0.1, 0.15) is 27.4 Å². The summed E-state index contributed by atoms with van der Waals surface area (Å²) in [5.74, 6) is -0.664. The number of nitro groups is 1. The van der Waals surface area contributed by atoms with Crippen LogP contribution in [0.25, 0.3) is 0 Å². The van der Waals surface area contributed by atoms with Crippen molar-refractivity contribution in [1.29, 1.82) is 0 Å². The number of benzene rings is 3. The molecule has 0 radical (unpaired) electrons. The number of halogens is 1. The first-order valence-electron chi connectivity index (χ1n) is 11.1. The first kappa shape index (κ1) is 21.8. The fourth-order valence-electron chi connectivity index (χ4n) is 6.31. The number of ketones is 1. The molecular formula is C26H20ClN3O5. The molecule has 0 unspecified atom stereocenters. The van der Waals surface area contributed by atoms with Crippen molar-refractivity contribution in [3.8, 4) is 5.75 Å². The van der Waals surface area contributed by atoms with E-state index in [1.165, 1.54) is 12.1 Å². The number of fused-ring (bicyclic) bond motifs is 4. The molecule has 6 rings (SSSR count). The lowest BCUT2D eigenvalue weighted by Gasteiger charge is -2.47. The summed E-state index contributed by atoms with van der Waals surface area (Å²) in [6.07, 6.45) is 0. The van der Waals surface area contributed by atoms with Gasteiger partial charge in [0.05, 0.1) is 10.5 Å². The van der Waals surface area contributed by atoms with E-state index < -0.39 is 21.8 Å². The molecule has 0 aliphatic carbocycles. The molecule has 0 saturated carbocycles. The summed E-state index contributed by atoms with van der Waals surface area (Å²) >= 11 is 6.10. The zero-order valence-electron chi connectivity index (χ0n) is 18.7. The Bertz CT molecular complexity index is 1440. The molecule has 3 heterocycles. The normalized spacial score (nSPS) is 27.0. The van der Waals surface area contributed by atoms with E-state index in [2.05, 4.69) is 5.32 Å². The number of likely N-dealkylation sites (tertiary alicyclic amines) is 1. The first-order valence-corrected chi connectivity index (χ1v) is 11.5. The minimum Gasteiger partial charge on any atom is -0.492 e. The number of hydrogen-bond acceptors (Lipinski definition) is 6. The van der Waals surface area contributed by atoms with Gasteiger partial charge < -0.3 is 10.1 Å². The van der Waals surface area contributed by atoms with Gasteiger partial charge in [0.25, 0.3) is 11.6 Å². The molecule has 1 amide bonds. The number of Topliss-reactive ketones (excluding diaryl/α,β-unsaturated/α-hetero) is 1. The number of nitro benzene ring substituents is 1. The Morgan fingerprint density at radius 3 is 2.66 bits per heavy atom. The van der Waals surface area contributed by atoms with Crippen LogP contribution in [0.5, 0.6) is 5.75 Å². The summed E-state index contributed by atoms with van der Waals surface area (Å²) in [6, 6.07) is 18.9. The number of rotatable bonds is 2. The molecule has 8 nitrogen and oxygen atoms in total. The molecule has 2 spiro atoms. The Kier molecular flexibility index (Phi) is 4.58. The number of para-hydroxylation sites is 2. The van der Waals surface area contributed by atoms with Crippen LogP contribution in [-0.4, -0.2) is 41.7 Å². The second-order valence-corrected chi connectivity index (χ2v) is 9.60. The second kappa shape index (κ2) is 7.37. The Hall–Kier alpha value is -3.75. The smallest absolute Gasteiger partial charge is 0.288 e. The van der Waals surface area contributed by atoms with E-state index in [1.807, 2.05) is 36.2 Å². The van der Waals surface area contributed by atoms with Crippen molar-refractivity contribution in [2.45, 2.75) is 11.5 Å². The maximum atomic E-state index is 14.5. The van der Waals surface area contributed by atoms with Crippen LogP contribution in [0.4, 0.5) is 11.4 Å². The van der Waals surface area contributed by atoms with Crippen molar-refractivity contribution in [1.82, 2.24) is 4.90 Å². The largest absolute Gasteiger partial charge is 0.492 e. The lowest BCUT2D eigenvalue weighted by molar-refractivity contribution is -0.384. The third kappa shape index (κ3) is 2.61. The van der Waals surface area contributed by atoms with Crippen molar-refractivity contribution in [2.24, 2.45) is 5.41 Å². The van der Waals surface area contributed by atoms with Crippen molar-refractivity contribution < 1.29 is 19.2 Å². The van der Waals surface area contributed by atoms with Gasteiger partial charge in [-0.15, -0.1) is 0 Å². The van der Waals surface area contributed by atoms with Crippen molar-refractivity contribution in [2.75, 3.05) is 25.5 Å². The van der Waals surface area contributed by atoms with Gasteiger partial charge in [0, 0.05) is 29.8 Å². The maximum Gasteiger partial charge on any atom is 0.288 e. The molecule has 1 N–H and O–H groups in total. The monoisotopic (exact) mass is 489 g/mol. The fourth-order valence-corrected chi connectivity index (χ4v) is 6.49. The van der Waals surface area contributed by atoms with Gasteiger partial charge in [0.15, 0.2) is 5.78 Å². The number of nitrogens with zero attached hydrogens (tertiary/aromatic N) is 2. The standard InChI is InChI=1S/C26H20ClN3O5/c1-29-13-18(15-10-11-19(27)21(12-15)30(33)34)25(14-35-22-9-5-2-6-16(22)23(25)31)26(29)17-7-3-4-8-20(17)28-24(26)32/h2-12,18H,13-14H2,1H3,(H,28,32)/t18-,25+,26-/m1/s1. The zero-order chi connectivity index (χ0) is 24.5. The Morgan fingerprint density at radius 2 is 1.86 bits per heavy atom. The summed E-state index contributed by atoms with van der Waals surface area (Å²) < 4.78 is 6.20. The van der Waals surface area contributed by atoms with E-state index in [-0.39, 0.29) is 29.0 Å². The second-order valence-electron chi connectivity index (χ2n) is 9.20. The third-order valence-corrected chi connectivity index (χ3v) is 8.04. The Labute approximate surface area is 205 Å². The van der Waals surface area contributed by atoms with Crippen molar-refractivity contribution >= 4 is 34.7 Å². The zero-order valence-corrected chi connectivity index (χ0v) is 19.4. The molecule has 0 bridgehead atoms. The molecule has 3 aromatic rings. The number of nitrogens with one attached hydrogen (secondary N) is 1. The molecule has 35 heavy (non-hydrogen) atoms. The Morgan fingerprint density at radius 1 is 1.11 bits per heavy atom.